The van der Waals surface area contributed by atoms with Gasteiger partial charge in [0.15, 0.2) is 5.82 Å². The lowest BCUT2D eigenvalue weighted by molar-refractivity contribution is 0.0992. The maximum Gasteiger partial charge on any atom is 0.409 e. The number of methoxy groups -OCH3 is 1. The molecule has 0 saturated carbocycles. The number of piperazine rings is 1. The zero-order chi connectivity index (χ0) is 13.8. The first-order valence-corrected chi connectivity index (χ1v) is 5.92. The summed E-state index contributed by atoms with van der Waals surface area (Å²) in [5, 5.41) is 6.33. The van der Waals surface area contributed by atoms with E-state index in [1.807, 2.05) is 0 Å². The number of ether oxygens (including phenoxy) is 1. The lowest BCUT2D eigenvalue weighted by Crippen LogP contribution is -2.51. The summed E-state index contributed by atoms with van der Waals surface area (Å²) in [7, 11) is 1.34. The summed E-state index contributed by atoms with van der Waals surface area (Å²) in [5.74, 6) is 1.02. The van der Waals surface area contributed by atoms with Gasteiger partial charge in [0.25, 0.3) is 0 Å². The maximum atomic E-state index is 11.9. The van der Waals surface area contributed by atoms with Gasteiger partial charge in [0.1, 0.15) is 5.76 Å². The molecule has 2 heterocycles. The number of urea groups is 1. The Bertz CT molecular complexity index is 465. The fourth-order valence-corrected chi connectivity index (χ4v) is 1.84. The Morgan fingerprint density at radius 2 is 1.95 bits per heavy atom. The molecule has 104 valence electrons. The van der Waals surface area contributed by atoms with Gasteiger partial charge < -0.3 is 19.1 Å². The van der Waals surface area contributed by atoms with Gasteiger partial charge in [-0.2, -0.15) is 0 Å². The van der Waals surface area contributed by atoms with Crippen molar-refractivity contribution in [3.63, 3.8) is 0 Å². The summed E-state index contributed by atoms with van der Waals surface area (Å²) < 4.78 is 9.49. The fraction of sp³-hybridized carbons (Fsp3) is 0.545. The minimum atomic E-state index is -0.368. The molecule has 2 rings (SSSR count). The molecule has 19 heavy (non-hydrogen) atoms. The molecule has 0 spiro atoms. The molecule has 0 atom stereocenters. The van der Waals surface area contributed by atoms with Gasteiger partial charge in [-0.1, -0.05) is 5.16 Å². The number of rotatable bonds is 1. The van der Waals surface area contributed by atoms with Gasteiger partial charge in [-0.05, 0) is 6.92 Å². The number of amides is 3. The molecule has 1 saturated heterocycles. The van der Waals surface area contributed by atoms with Crippen LogP contribution < -0.4 is 5.32 Å². The van der Waals surface area contributed by atoms with E-state index in [2.05, 4.69) is 15.2 Å². The average Bonchev–Trinajstić information content (AvgIpc) is 2.83. The molecule has 8 nitrogen and oxygen atoms in total. The van der Waals surface area contributed by atoms with Gasteiger partial charge in [-0.15, -0.1) is 0 Å². The highest BCUT2D eigenvalue weighted by atomic mass is 16.5. The zero-order valence-corrected chi connectivity index (χ0v) is 10.9. The summed E-state index contributed by atoms with van der Waals surface area (Å²) in [5.41, 5.74) is 0. The molecule has 0 unspecified atom stereocenters. The molecule has 1 aliphatic heterocycles. The minimum absolute atomic E-state index is 0.252. The second kappa shape index (κ2) is 5.59. The first-order valence-electron chi connectivity index (χ1n) is 5.92. The second-order valence-corrected chi connectivity index (χ2v) is 4.20. The standard InChI is InChI=1S/C11H16N4O4/c1-8-7-9(13-19-8)12-10(16)14-3-5-15(6-4-14)11(17)18-2/h7H,3-6H2,1-2H3,(H,12,13,16). The van der Waals surface area contributed by atoms with Gasteiger partial charge >= 0.3 is 12.1 Å². The van der Waals surface area contributed by atoms with E-state index in [0.717, 1.165) is 0 Å². The number of nitrogens with one attached hydrogen (secondary N) is 1. The van der Waals surface area contributed by atoms with Crippen molar-refractivity contribution in [2.75, 3.05) is 38.6 Å². The Kier molecular flexibility index (Phi) is 3.88. The summed E-state index contributed by atoms with van der Waals surface area (Å²) in [6.45, 7) is 3.57. The van der Waals surface area contributed by atoms with E-state index in [9.17, 15) is 9.59 Å². The van der Waals surface area contributed by atoms with Gasteiger partial charge in [-0.3, -0.25) is 5.32 Å². The first kappa shape index (κ1) is 13.2. The third-order valence-electron chi connectivity index (χ3n) is 2.86. The molecule has 8 heteroatoms. The molecule has 0 radical (unpaired) electrons. The van der Waals surface area contributed by atoms with Crippen molar-refractivity contribution in [3.05, 3.63) is 11.8 Å². The normalized spacial score (nSPS) is 15.3. The zero-order valence-electron chi connectivity index (χ0n) is 10.9. The van der Waals surface area contributed by atoms with Crippen LogP contribution in [0.25, 0.3) is 0 Å². The summed E-state index contributed by atoms with van der Waals surface area (Å²) in [4.78, 5) is 26.4. The molecule has 0 aliphatic carbocycles. The van der Waals surface area contributed by atoms with E-state index in [0.29, 0.717) is 37.8 Å². The van der Waals surface area contributed by atoms with Crippen LogP contribution in [0.2, 0.25) is 0 Å². The van der Waals surface area contributed by atoms with Crippen molar-refractivity contribution in [3.8, 4) is 0 Å². The fourth-order valence-electron chi connectivity index (χ4n) is 1.84. The number of hydrogen-bond acceptors (Lipinski definition) is 5. The number of nitrogens with zero attached hydrogens (tertiary/aromatic N) is 3. The Hall–Kier alpha value is -2.25. The molecule has 0 aromatic carbocycles. The van der Waals surface area contributed by atoms with E-state index in [-0.39, 0.29) is 12.1 Å². The highest BCUT2D eigenvalue weighted by Crippen LogP contribution is 2.10. The van der Waals surface area contributed by atoms with Crippen LogP contribution in [0.1, 0.15) is 5.76 Å². The van der Waals surface area contributed by atoms with Crippen LogP contribution in [-0.4, -0.2) is 60.4 Å². The quantitative estimate of drug-likeness (QED) is 0.817. The van der Waals surface area contributed by atoms with Crippen LogP contribution in [0.5, 0.6) is 0 Å². The largest absolute Gasteiger partial charge is 0.453 e. The number of carbonyl (C=O) groups excluding carboxylic acids is 2. The molecular formula is C11H16N4O4. The van der Waals surface area contributed by atoms with Crippen molar-refractivity contribution >= 4 is 17.9 Å². The predicted octanol–water partition coefficient (Wildman–Crippen LogP) is 0.899. The van der Waals surface area contributed by atoms with E-state index < -0.39 is 0 Å². The highest BCUT2D eigenvalue weighted by Gasteiger charge is 2.24. The van der Waals surface area contributed by atoms with Gasteiger partial charge in [0.05, 0.1) is 7.11 Å². The number of aromatic nitrogens is 1. The Morgan fingerprint density at radius 1 is 1.32 bits per heavy atom. The molecule has 1 aliphatic rings. The van der Waals surface area contributed by atoms with E-state index in [4.69, 9.17) is 4.52 Å². The van der Waals surface area contributed by atoms with Crippen LogP contribution in [-0.2, 0) is 4.74 Å². The number of carbonyl (C=O) groups is 2. The van der Waals surface area contributed by atoms with Crippen molar-refractivity contribution in [2.45, 2.75) is 6.92 Å². The van der Waals surface area contributed by atoms with Gasteiger partial charge in [0.2, 0.25) is 0 Å². The van der Waals surface area contributed by atoms with Gasteiger partial charge in [-0.25, -0.2) is 9.59 Å². The summed E-state index contributed by atoms with van der Waals surface area (Å²) in [6.07, 6.45) is -0.368. The van der Waals surface area contributed by atoms with Crippen molar-refractivity contribution in [1.29, 1.82) is 0 Å². The highest BCUT2D eigenvalue weighted by molar-refractivity contribution is 5.88. The number of hydrogen-bond donors (Lipinski definition) is 1. The van der Waals surface area contributed by atoms with Crippen LogP contribution in [0.4, 0.5) is 15.4 Å². The third kappa shape index (κ3) is 3.15. The molecule has 1 N–H and O–H groups in total. The number of aryl methyl sites for hydroxylation is 1. The van der Waals surface area contributed by atoms with Crippen LogP contribution in [0.3, 0.4) is 0 Å². The Morgan fingerprint density at radius 3 is 2.47 bits per heavy atom. The van der Waals surface area contributed by atoms with Crippen molar-refractivity contribution in [1.82, 2.24) is 15.0 Å². The first-order chi connectivity index (χ1) is 9.10. The van der Waals surface area contributed by atoms with Crippen LogP contribution in [0, 0.1) is 6.92 Å². The SMILES string of the molecule is COC(=O)N1CCN(C(=O)Nc2cc(C)on2)CC1. The molecule has 0 bridgehead atoms. The molecule has 1 fully saturated rings. The monoisotopic (exact) mass is 268 g/mol. The van der Waals surface area contributed by atoms with Crippen LogP contribution in [0.15, 0.2) is 10.6 Å². The molecule has 1 aromatic rings. The Balaban J connectivity index is 1.84. The predicted molar refractivity (Wildman–Crippen MR) is 65.8 cm³/mol. The second-order valence-electron chi connectivity index (χ2n) is 4.20. The maximum absolute atomic E-state index is 11.9. The van der Waals surface area contributed by atoms with E-state index in [1.165, 1.54) is 7.11 Å². The topological polar surface area (TPSA) is 87.9 Å². The molecular weight excluding hydrogens is 252 g/mol. The lowest BCUT2D eigenvalue weighted by Gasteiger charge is -2.33. The van der Waals surface area contributed by atoms with Crippen molar-refractivity contribution < 1.29 is 18.8 Å². The van der Waals surface area contributed by atoms with Gasteiger partial charge in [0, 0.05) is 32.2 Å². The lowest BCUT2D eigenvalue weighted by atomic mass is 10.3. The van der Waals surface area contributed by atoms with E-state index >= 15 is 0 Å². The molecule has 3 amide bonds. The number of anilines is 1. The summed E-state index contributed by atoms with van der Waals surface area (Å²) >= 11 is 0. The summed E-state index contributed by atoms with van der Waals surface area (Å²) in [6, 6.07) is 1.39. The Labute approximate surface area is 110 Å². The van der Waals surface area contributed by atoms with Crippen LogP contribution >= 0.6 is 0 Å². The smallest absolute Gasteiger partial charge is 0.409 e. The minimum Gasteiger partial charge on any atom is -0.453 e. The average molecular weight is 268 g/mol. The van der Waals surface area contributed by atoms with Crippen molar-refractivity contribution in [2.24, 2.45) is 0 Å². The third-order valence-corrected chi connectivity index (χ3v) is 2.86. The molecule has 1 aromatic heterocycles. The van der Waals surface area contributed by atoms with E-state index in [1.54, 1.807) is 22.8 Å².